The Balaban J connectivity index is 1.76. The Morgan fingerprint density at radius 3 is 2.06 bits per heavy atom. The summed E-state index contributed by atoms with van der Waals surface area (Å²) in [6.45, 7) is 18.1. The van der Waals surface area contributed by atoms with Crippen molar-refractivity contribution >= 4 is 35.7 Å². The normalized spacial score (nSPS) is 20.8. The zero-order valence-corrected chi connectivity index (χ0v) is 32.7. The van der Waals surface area contributed by atoms with Crippen LogP contribution in [-0.2, 0) is 35.1 Å². The van der Waals surface area contributed by atoms with E-state index in [2.05, 4.69) is 26.0 Å². The SMILES string of the molecule is COC(=O)c1ccc(CCNC(=O)C(CC(F)F)NC(=O)[C@@H]2C3C(CN2C(=O)[C@@H](NC(=O)N[C@H](C(=O)OC(C)(C)C)C(C)C)C(C)(C)C)C3(C)C)cc1. The van der Waals surface area contributed by atoms with E-state index in [1.54, 1.807) is 79.7 Å². The summed E-state index contributed by atoms with van der Waals surface area (Å²) in [5, 5.41) is 10.5. The minimum atomic E-state index is -2.91. The van der Waals surface area contributed by atoms with E-state index in [1.807, 2.05) is 13.8 Å². The summed E-state index contributed by atoms with van der Waals surface area (Å²) in [6.07, 6.45) is -3.52. The van der Waals surface area contributed by atoms with Gasteiger partial charge in [-0.2, -0.15) is 0 Å². The number of methoxy groups -OCH3 is 1. The Labute approximate surface area is 311 Å². The van der Waals surface area contributed by atoms with Gasteiger partial charge < -0.3 is 35.6 Å². The molecule has 0 spiro atoms. The van der Waals surface area contributed by atoms with Crippen molar-refractivity contribution in [1.82, 2.24) is 26.2 Å². The Kier molecular flexibility index (Phi) is 13.7. The number of benzene rings is 1. The highest BCUT2D eigenvalue weighted by atomic mass is 19.3. The molecule has 0 radical (unpaired) electrons. The smallest absolute Gasteiger partial charge is 0.337 e. The first-order valence-corrected chi connectivity index (χ1v) is 18.0. The highest BCUT2D eigenvalue weighted by molar-refractivity contribution is 5.96. The summed E-state index contributed by atoms with van der Waals surface area (Å²) >= 11 is 0. The van der Waals surface area contributed by atoms with E-state index in [-0.39, 0.29) is 36.3 Å². The first-order valence-electron chi connectivity index (χ1n) is 18.0. The number of halogens is 2. The number of nitrogens with one attached hydrogen (secondary N) is 4. The third-order valence-corrected chi connectivity index (χ3v) is 9.90. The largest absolute Gasteiger partial charge is 0.465 e. The number of ether oxygens (including phenoxy) is 2. The summed E-state index contributed by atoms with van der Waals surface area (Å²) < 4.78 is 37.6. The van der Waals surface area contributed by atoms with E-state index >= 15 is 0 Å². The molecule has 1 saturated carbocycles. The summed E-state index contributed by atoms with van der Waals surface area (Å²) in [5.74, 6) is -3.93. The summed E-state index contributed by atoms with van der Waals surface area (Å²) in [7, 11) is 1.27. The van der Waals surface area contributed by atoms with E-state index in [0.717, 1.165) is 5.56 Å². The van der Waals surface area contributed by atoms with Gasteiger partial charge in [0.1, 0.15) is 29.8 Å². The predicted molar refractivity (Wildman–Crippen MR) is 193 cm³/mol. The lowest BCUT2D eigenvalue weighted by atomic mass is 9.85. The van der Waals surface area contributed by atoms with Crippen LogP contribution in [0.1, 0.15) is 91.6 Å². The van der Waals surface area contributed by atoms with Gasteiger partial charge in [-0.15, -0.1) is 0 Å². The maximum absolute atomic E-state index is 14.3. The van der Waals surface area contributed by atoms with Crippen molar-refractivity contribution in [2.24, 2.45) is 28.6 Å². The number of alkyl halides is 2. The van der Waals surface area contributed by atoms with Crippen LogP contribution in [0.2, 0.25) is 0 Å². The molecule has 4 N–H and O–H groups in total. The van der Waals surface area contributed by atoms with Gasteiger partial charge in [0.15, 0.2) is 0 Å². The van der Waals surface area contributed by atoms with Gasteiger partial charge in [-0.1, -0.05) is 60.6 Å². The second-order valence-corrected chi connectivity index (χ2v) is 17.0. The molecule has 1 aromatic rings. The molecule has 296 valence electrons. The van der Waals surface area contributed by atoms with Crippen molar-refractivity contribution in [3.8, 4) is 0 Å². The Morgan fingerprint density at radius 2 is 1.55 bits per heavy atom. The number of carbonyl (C=O) groups is 6. The molecule has 2 aliphatic rings. The number of piperidine rings is 1. The number of rotatable bonds is 14. The van der Waals surface area contributed by atoms with E-state index in [4.69, 9.17) is 4.74 Å². The van der Waals surface area contributed by atoms with Crippen LogP contribution in [0.5, 0.6) is 0 Å². The third-order valence-electron chi connectivity index (χ3n) is 9.90. The number of likely N-dealkylation sites (tertiary alicyclic amines) is 1. The van der Waals surface area contributed by atoms with Crippen LogP contribution in [-0.4, -0.2) is 97.0 Å². The fraction of sp³-hybridized carbons (Fsp3) is 0.684. The van der Waals surface area contributed by atoms with Gasteiger partial charge in [-0.3, -0.25) is 14.4 Å². The molecule has 1 aliphatic heterocycles. The van der Waals surface area contributed by atoms with Crippen LogP contribution in [0.3, 0.4) is 0 Å². The van der Waals surface area contributed by atoms with Gasteiger partial charge in [0.05, 0.1) is 12.7 Å². The van der Waals surface area contributed by atoms with Crippen molar-refractivity contribution in [2.75, 3.05) is 20.2 Å². The minimum absolute atomic E-state index is 0.0675. The van der Waals surface area contributed by atoms with Gasteiger partial charge in [0.2, 0.25) is 24.1 Å². The third kappa shape index (κ3) is 11.1. The van der Waals surface area contributed by atoms with E-state index in [9.17, 15) is 37.5 Å². The molecule has 1 saturated heterocycles. The number of carbonyl (C=O) groups excluding carboxylic acids is 6. The first-order chi connectivity index (χ1) is 24.4. The monoisotopic (exact) mass is 749 g/mol. The highest BCUT2D eigenvalue weighted by Crippen LogP contribution is 2.65. The van der Waals surface area contributed by atoms with Crippen molar-refractivity contribution in [2.45, 2.75) is 118 Å². The minimum Gasteiger partial charge on any atom is -0.465 e. The number of hydrogen-bond acceptors (Lipinski definition) is 8. The van der Waals surface area contributed by atoms with Crippen LogP contribution in [0.25, 0.3) is 0 Å². The fourth-order valence-corrected chi connectivity index (χ4v) is 6.85. The maximum atomic E-state index is 14.3. The quantitative estimate of drug-likeness (QED) is 0.208. The van der Waals surface area contributed by atoms with Gasteiger partial charge in [-0.05, 0) is 73.5 Å². The summed E-state index contributed by atoms with van der Waals surface area (Å²) in [6, 6.07) is 0.925. The molecule has 1 aromatic carbocycles. The maximum Gasteiger partial charge on any atom is 0.337 e. The van der Waals surface area contributed by atoms with Gasteiger partial charge >= 0.3 is 18.0 Å². The second-order valence-electron chi connectivity index (χ2n) is 17.0. The molecule has 3 unspecified atom stereocenters. The lowest BCUT2D eigenvalue weighted by molar-refractivity contribution is -0.158. The molecule has 15 heteroatoms. The standard InChI is InChI=1S/C38H57F2N5O8/c1-20(2)27(34(50)53-37(6,7)8)43-35(51)44-29(36(3,4)5)32(48)45-19-23-26(38(23,9)10)28(45)31(47)42-24(18-25(39)40)30(46)41-17-16-21-12-14-22(15-13-21)33(49)52-11/h12-15,20,23-29H,16-19H2,1-11H3,(H,41,46)(H,42,47)(H2,43,44,51)/t23?,24?,26?,27-,28-,29+/m0/s1. The molecule has 1 heterocycles. The van der Waals surface area contributed by atoms with E-state index in [1.165, 1.54) is 12.0 Å². The Morgan fingerprint density at radius 1 is 0.943 bits per heavy atom. The van der Waals surface area contributed by atoms with Crippen molar-refractivity contribution in [3.05, 3.63) is 35.4 Å². The van der Waals surface area contributed by atoms with Crippen LogP contribution >= 0.6 is 0 Å². The van der Waals surface area contributed by atoms with E-state index in [0.29, 0.717) is 12.0 Å². The predicted octanol–water partition coefficient (Wildman–Crippen LogP) is 3.84. The molecule has 5 amide bonds. The molecule has 0 bridgehead atoms. The summed E-state index contributed by atoms with van der Waals surface area (Å²) in [5.41, 5.74) is -0.847. The van der Waals surface area contributed by atoms with Crippen LogP contribution in [0, 0.1) is 28.6 Å². The lowest BCUT2D eigenvalue weighted by Gasteiger charge is -2.38. The van der Waals surface area contributed by atoms with Crippen LogP contribution < -0.4 is 21.3 Å². The van der Waals surface area contributed by atoms with Gasteiger partial charge in [-0.25, -0.2) is 23.2 Å². The zero-order chi connectivity index (χ0) is 40.2. The van der Waals surface area contributed by atoms with Gasteiger partial charge in [0, 0.05) is 19.5 Å². The van der Waals surface area contributed by atoms with Crippen molar-refractivity contribution in [1.29, 1.82) is 0 Å². The molecule has 6 atom stereocenters. The second kappa shape index (κ2) is 16.8. The van der Waals surface area contributed by atoms with Crippen LogP contribution in [0.4, 0.5) is 13.6 Å². The molecule has 2 fully saturated rings. The van der Waals surface area contributed by atoms with E-state index < -0.39 is 83.7 Å². The number of hydrogen-bond donors (Lipinski definition) is 4. The Bertz CT molecular complexity index is 1520. The van der Waals surface area contributed by atoms with Crippen LogP contribution in [0.15, 0.2) is 24.3 Å². The number of urea groups is 1. The number of nitrogens with zero attached hydrogens (tertiary/aromatic N) is 1. The highest BCUT2D eigenvalue weighted by Gasteiger charge is 2.70. The molecule has 13 nitrogen and oxygen atoms in total. The fourth-order valence-electron chi connectivity index (χ4n) is 6.85. The van der Waals surface area contributed by atoms with Gasteiger partial charge in [0.25, 0.3) is 0 Å². The molecule has 1 aliphatic carbocycles. The van der Waals surface area contributed by atoms with Crippen molar-refractivity contribution in [3.63, 3.8) is 0 Å². The number of amides is 5. The molecule has 0 aromatic heterocycles. The molecular formula is C38H57F2N5O8. The number of fused-ring (bicyclic) bond motifs is 1. The molecule has 3 rings (SSSR count). The lowest BCUT2D eigenvalue weighted by Crippen LogP contribution is -2.62. The van der Waals surface area contributed by atoms with Crippen molar-refractivity contribution < 1.29 is 47.0 Å². The zero-order valence-electron chi connectivity index (χ0n) is 32.7. The summed E-state index contributed by atoms with van der Waals surface area (Å²) in [4.78, 5) is 80.7. The number of esters is 2. The first kappa shape index (κ1) is 43.1. The Hall–Kier alpha value is -4.30. The topological polar surface area (TPSA) is 172 Å². The molecule has 53 heavy (non-hydrogen) atoms. The molecular weight excluding hydrogens is 692 g/mol. The average Bonchev–Trinajstić information content (AvgIpc) is 3.35. The average molecular weight is 750 g/mol.